The molecule has 2 N–H and O–H groups in total. The summed E-state index contributed by atoms with van der Waals surface area (Å²) < 4.78 is 5.10. The van der Waals surface area contributed by atoms with E-state index < -0.39 is 42.0 Å². The summed E-state index contributed by atoms with van der Waals surface area (Å²) in [5.41, 5.74) is 0.0444. The Morgan fingerprint density at radius 2 is 1.77 bits per heavy atom. The third-order valence-corrected chi connectivity index (χ3v) is 5.48. The van der Waals surface area contributed by atoms with Crippen molar-refractivity contribution in [1.29, 1.82) is 0 Å². The topological polar surface area (TPSA) is 122 Å². The number of Topliss-reactive ketones (excluding diaryl/α,β-unsaturated/α-hetero) is 1. The predicted molar refractivity (Wildman–Crippen MR) is 107 cm³/mol. The van der Waals surface area contributed by atoms with Crippen LogP contribution in [-0.4, -0.2) is 52.7 Å². The van der Waals surface area contributed by atoms with E-state index in [1.807, 2.05) is 0 Å². The van der Waals surface area contributed by atoms with Crippen LogP contribution in [0.3, 0.4) is 0 Å². The van der Waals surface area contributed by atoms with Gasteiger partial charge < -0.3 is 15.4 Å². The van der Waals surface area contributed by atoms with Crippen molar-refractivity contribution in [3.05, 3.63) is 29.8 Å². The van der Waals surface area contributed by atoms with Crippen molar-refractivity contribution < 1.29 is 28.7 Å². The average Bonchev–Trinajstić information content (AvgIpc) is 2.92. The maximum absolute atomic E-state index is 12.7. The fourth-order valence-electron chi connectivity index (χ4n) is 3.76. The summed E-state index contributed by atoms with van der Waals surface area (Å²) >= 11 is 0. The van der Waals surface area contributed by atoms with Gasteiger partial charge in [-0.25, -0.2) is 4.79 Å². The van der Waals surface area contributed by atoms with Crippen LogP contribution in [0.2, 0.25) is 0 Å². The molecule has 30 heavy (non-hydrogen) atoms. The van der Waals surface area contributed by atoms with Crippen LogP contribution in [-0.2, 0) is 19.1 Å². The summed E-state index contributed by atoms with van der Waals surface area (Å²) in [6.07, 6.45) is 2.68. The molecule has 2 aliphatic rings. The standard InChI is InChI=1S/C21H25N3O6/c1-13(25)15-6-8-16(9-7-15)22-18(27)14(2)30-17(26)12-24-19(28)21(23-20(24)29)10-4-3-5-11-21/h6-9,14H,3-5,10-12H2,1-2H3,(H,22,27)(H,23,29). The van der Waals surface area contributed by atoms with Gasteiger partial charge in [-0.1, -0.05) is 19.3 Å². The summed E-state index contributed by atoms with van der Waals surface area (Å²) in [6, 6.07) is 5.68. The number of hydrogen-bond donors (Lipinski definition) is 2. The van der Waals surface area contributed by atoms with E-state index in [0.29, 0.717) is 24.1 Å². The minimum Gasteiger partial charge on any atom is -0.451 e. The summed E-state index contributed by atoms with van der Waals surface area (Å²) in [6.45, 7) is 2.29. The quantitative estimate of drug-likeness (QED) is 0.416. The molecule has 1 saturated heterocycles. The summed E-state index contributed by atoms with van der Waals surface area (Å²) in [4.78, 5) is 61.6. The molecule has 3 rings (SSSR count). The number of nitrogens with zero attached hydrogens (tertiary/aromatic N) is 1. The molecule has 1 saturated carbocycles. The number of rotatable bonds is 6. The first-order valence-corrected chi connectivity index (χ1v) is 9.97. The highest BCUT2D eigenvalue weighted by Crippen LogP contribution is 2.33. The number of urea groups is 1. The van der Waals surface area contributed by atoms with E-state index in [9.17, 15) is 24.0 Å². The van der Waals surface area contributed by atoms with Crippen LogP contribution in [0.25, 0.3) is 0 Å². The minimum atomic E-state index is -1.13. The maximum atomic E-state index is 12.7. The monoisotopic (exact) mass is 415 g/mol. The lowest BCUT2D eigenvalue weighted by molar-refractivity contribution is -0.155. The third kappa shape index (κ3) is 4.50. The van der Waals surface area contributed by atoms with Gasteiger partial charge in [0, 0.05) is 11.3 Å². The highest BCUT2D eigenvalue weighted by atomic mass is 16.5. The van der Waals surface area contributed by atoms with Crippen LogP contribution >= 0.6 is 0 Å². The highest BCUT2D eigenvalue weighted by molar-refractivity contribution is 6.09. The van der Waals surface area contributed by atoms with E-state index in [1.165, 1.54) is 13.8 Å². The van der Waals surface area contributed by atoms with Crippen molar-refractivity contribution in [2.75, 3.05) is 11.9 Å². The molecule has 1 spiro atoms. The molecule has 160 valence electrons. The van der Waals surface area contributed by atoms with Crippen molar-refractivity contribution in [2.24, 2.45) is 0 Å². The van der Waals surface area contributed by atoms with E-state index in [0.717, 1.165) is 24.2 Å². The van der Waals surface area contributed by atoms with Gasteiger partial charge in [-0.3, -0.25) is 24.1 Å². The van der Waals surface area contributed by atoms with Gasteiger partial charge in [0.1, 0.15) is 12.1 Å². The van der Waals surface area contributed by atoms with Crippen LogP contribution in [0.15, 0.2) is 24.3 Å². The number of hydrogen-bond acceptors (Lipinski definition) is 6. The second-order valence-electron chi connectivity index (χ2n) is 7.72. The molecule has 1 heterocycles. The summed E-state index contributed by atoms with van der Waals surface area (Å²) in [5, 5.41) is 5.31. The number of ether oxygens (including phenoxy) is 1. The average molecular weight is 415 g/mol. The number of benzene rings is 1. The Bertz CT molecular complexity index is 873. The Morgan fingerprint density at radius 1 is 1.13 bits per heavy atom. The fraction of sp³-hybridized carbons (Fsp3) is 0.476. The first-order valence-electron chi connectivity index (χ1n) is 9.97. The molecule has 1 aromatic carbocycles. The zero-order valence-corrected chi connectivity index (χ0v) is 17.0. The van der Waals surface area contributed by atoms with Crippen LogP contribution in [0.4, 0.5) is 10.5 Å². The zero-order valence-electron chi connectivity index (χ0n) is 17.0. The smallest absolute Gasteiger partial charge is 0.327 e. The molecule has 0 radical (unpaired) electrons. The van der Waals surface area contributed by atoms with Gasteiger partial charge in [0.15, 0.2) is 11.9 Å². The molecule has 1 aliphatic carbocycles. The molecular weight excluding hydrogens is 390 g/mol. The minimum absolute atomic E-state index is 0.0920. The Morgan fingerprint density at radius 3 is 2.37 bits per heavy atom. The Kier molecular flexibility index (Phi) is 6.19. The van der Waals surface area contributed by atoms with E-state index in [-0.39, 0.29) is 5.78 Å². The number of carbonyl (C=O) groups is 5. The lowest BCUT2D eigenvalue weighted by atomic mass is 9.82. The number of esters is 1. The fourth-order valence-corrected chi connectivity index (χ4v) is 3.76. The van der Waals surface area contributed by atoms with Gasteiger partial charge in [-0.2, -0.15) is 0 Å². The number of amides is 4. The van der Waals surface area contributed by atoms with Crippen LogP contribution in [0, 0.1) is 0 Å². The van der Waals surface area contributed by atoms with E-state index in [4.69, 9.17) is 4.74 Å². The lowest BCUT2D eigenvalue weighted by Crippen LogP contribution is -2.48. The SMILES string of the molecule is CC(=O)c1ccc(NC(=O)C(C)OC(=O)CN2C(=O)NC3(CCCCC3)C2=O)cc1. The van der Waals surface area contributed by atoms with Gasteiger partial charge in [0.05, 0.1) is 0 Å². The molecule has 1 aliphatic heterocycles. The highest BCUT2D eigenvalue weighted by Gasteiger charge is 2.51. The van der Waals surface area contributed by atoms with E-state index in [2.05, 4.69) is 10.6 Å². The van der Waals surface area contributed by atoms with Crippen LogP contribution < -0.4 is 10.6 Å². The molecule has 0 bridgehead atoms. The van der Waals surface area contributed by atoms with Crippen LogP contribution in [0.1, 0.15) is 56.3 Å². The number of carbonyl (C=O) groups excluding carboxylic acids is 5. The van der Waals surface area contributed by atoms with Crippen molar-refractivity contribution in [2.45, 2.75) is 57.6 Å². The van der Waals surface area contributed by atoms with E-state index in [1.54, 1.807) is 24.3 Å². The zero-order chi connectivity index (χ0) is 21.9. The molecule has 9 nitrogen and oxygen atoms in total. The van der Waals surface area contributed by atoms with Crippen LogP contribution in [0.5, 0.6) is 0 Å². The molecule has 0 aromatic heterocycles. The summed E-state index contributed by atoms with van der Waals surface area (Å²) in [7, 11) is 0. The van der Waals surface area contributed by atoms with Crippen molar-refractivity contribution in [3.63, 3.8) is 0 Å². The van der Waals surface area contributed by atoms with Crippen molar-refractivity contribution in [3.8, 4) is 0 Å². The third-order valence-electron chi connectivity index (χ3n) is 5.48. The van der Waals surface area contributed by atoms with Crippen molar-refractivity contribution in [1.82, 2.24) is 10.2 Å². The number of ketones is 1. The summed E-state index contributed by atoms with van der Waals surface area (Å²) in [5.74, 6) is -1.92. The Labute approximate surface area is 174 Å². The van der Waals surface area contributed by atoms with Gasteiger partial charge in [0.2, 0.25) is 0 Å². The van der Waals surface area contributed by atoms with Gasteiger partial charge >= 0.3 is 12.0 Å². The molecule has 1 unspecified atom stereocenters. The van der Waals surface area contributed by atoms with Gasteiger partial charge in [-0.05, 0) is 51.0 Å². The molecule has 1 aromatic rings. The second-order valence-corrected chi connectivity index (χ2v) is 7.72. The molecule has 9 heteroatoms. The molecule has 2 fully saturated rings. The normalized spacial score (nSPS) is 18.7. The number of anilines is 1. The molecule has 1 atom stereocenters. The molecular formula is C21H25N3O6. The predicted octanol–water partition coefficient (Wildman–Crippen LogP) is 2.01. The lowest BCUT2D eigenvalue weighted by Gasteiger charge is -2.30. The first kappa shape index (κ1) is 21.5. The van der Waals surface area contributed by atoms with Gasteiger partial charge in [0.25, 0.3) is 11.8 Å². The van der Waals surface area contributed by atoms with Crippen molar-refractivity contribution >= 4 is 35.3 Å². The van der Waals surface area contributed by atoms with Gasteiger partial charge in [-0.15, -0.1) is 0 Å². The van der Waals surface area contributed by atoms with E-state index >= 15 is 0 Å². The number of imide groups is 1. The largest absolute Gasteiger partial charge is 0.451 e. The molecule has 4 amide bonds. The second kappa shape index (κ2) is 8.64. The maximum Gasteiger partial charge on any atom is 0.327 e. The first-order chi connectivity index (χ1) is 14.2. The number of nitrogens with one attached hydrogen (secondary N) is 2. The Balaban J connectivity index is 1.53. The Hall–Kier alpha value is -3.23.